The number of aromatic nitrogens is 1. The van der Waals surface area contributed by atoms with Crippen LogP contribution < -0.4 is 15.5 Å². The number of hydrogen-bond donors (Lipinski definition) is 1. The maximum atomic E-state index is 12.7. The number of pyridine rings is 1. The number of methoxy groups -OCH3 is 1. The Morgan fingerprint density at radius 1 is 1.17 bits per heavy atom. The van der Waals surface area contributed by atoms with E-state index >= 15 is 0 Å². The summed E-state index contributed by atoms with van der Waals surface area (Å²) >= 11 is 7.50. The Balaban J connectivity index is 1.81. The van der Waals surface area contributed by atoms with E-state index in [-0.39, 0.29) is 23.6 Å². The van der Waals surface area contributed by atoms with Gasteiger partial charge in [-0.1, -0.05) is 23.7 Å². The minimum atomic E-state index is -0.213. The summed E-state index contributed by atoms with van der Waals surface area (Å²) in [5, 5.41) is 3.63. The van der Waals surface area contributed by atoms with E-state index in [1.807, 2.05) is 56.3 Å². The number of hydrogen-bond acceptors (Lipinski definition) is 4. The summed E-state index contributed by atoms with van der Waals surface area (Å²) in [6.07, 6.45) is 1.59. The van der Waals surface area contributed by atoms with Crippen LogP contribution in [-0.2, 0) is 17.1 Å². The topological polar surface area (TPSA) is 60.3 Å². The Kier molecular flexibility index (Phi) is 7.24. The van der Waals surface area contributed by atoms with E-state index in [1.165, 1.54) is 13.2 Å². The SMILES string of the molecule is COc1cn(CC(=O)Nc2cccc(C)c2C)c(CSc2ccc(Cl)cc2)cc1=O. The molecule has 0 saturated heterocycles. The summed E-state index contributed by atoms with van der Waals surface area (Å²) in [7, 11) is 1.44. The second kappa shape index (κ2) is 9.87. The highest BCUT2D eigenvalue weighted by Crippen LogP contribution is 2.25. The van der Waals surface area contributed by atoms with Crippen molar-refractivity contribution < 1.29 is 9.53 Å². The number of thioether (sulfide) groups is 1. The van der Waals surface area contributed by atoms with Crippen LogP contribution in [0, 0.1) is 13.8 Å². The van der Waals surface area contributed by atoms with Crippen LogP contribution in [-0.4, -0.2) is 17.6 Å². The largest absolute Gasteiger partial charge is 0.491 e. The van der Waals surface area contributed by atoms with Gasteiger partial charge in [-0.2, -0.15) is 0 Å². The van der Waals surface area contributed by atoms with Crippen molar-refractivity contribution in [3.63, 3.8) is 0 Å². The minimum absolute atomic E-state index is 0.0700. The van der Waals surface area contributed by atoms with Crippen molar-refractivity contribution in [2.24, 2.45) is 0 Å². The molecule has 0 atom stereocenters. The minimum Gasteiger partial charge on any atom is -0.491 e. The zero-order valence-electron chi connectivity index (χ0n) is 17.1. The lowest BCUT2D eigenvalue weighted by molar-refractivity contribution is -0.116. The Morgan fingerprint density at radius 3 is 2.60 bits per heavy atom. The third-order valence-electron chi connectivity index (χ3n) is 4.80. The molecule has 2 aromatic carbocycles. The van der Waals surface area contributed by atoms with Crippen LogP contribution in [0.2, 0.25) is 5.02 Å². The molecule has 5 nitrogen and oxygen atoms in total. The van der Waals surface area contributed by atoms with Crippen molar-refractivity contribution in [3.05, 3.63) is 86.8 Å². The van der Waals surface area contributed by atoms with E-state index in [1.54, 1.807) is 22.5 Å². The predicted molar refractivity (Wildman–Crippen MR) is 123 cm³/mol. The first kappa shape index (κ1) is 22.0. The Hall–Kier alpha value is -2.70. The summed E-state index contributed by atoms with van der Waals surface area (Å²) in [6.45, 7) is 4.05. The molecule has 1 amide bonds. The van der Waals surface area contributed by atoms with Crippen molar-refractivity contribution in [1.82, 2.24) is 4.57 Å². The van der Waals surface area contributed by atoms with Gasteiger partial charge in [0.2, 0.25) is 11.3 Å². The van der Waals surface area contributed by atoms with Gasteiger partial charge in [0.15, 0.2) is 5.75 Å². The summed E-state index contributed by atoms with van der Waals surface area (Å²) < 4.78 is 6.92. The van der Waals surface area contributed by atoms with E-state index in [4.69, 9.17) is 16.3 Å². The van der Waals surface area contributed by atoms with Gasteiger partial charge in [-0.05, 0) is 55.3 Å². The fraction of sp³-hybridized carbons (Fsp3) is 0.217. The fourth-order valence-electron chi connectivity index (χ4n) is 2.94. The van der Waals surface area contributed by atoms with Crippen molar-refractivity contribution in [2.75, 3.05) is 12.4 Å². The maximum absolute atomic E-state index is 12.7. The number of carbonyl (C=O) groups is 1. The fourth-order valence-corrected chi connectivity index (χ4v) is 3.96. The van der Waals surface area contributed by atoms with Gasteiger partial charge in [0.25, 0.3) is 0 Å². The van der Waals surface area contributed by atoms with Crippen molar-refractivity contribution >= 4 is 35.0 Å². The Bertz CT molecular complexity index is 1110. The molecule has 3 aromatic rings. The van der Waals surface area contributed by atoms with E-state index in [9.17, 15) is 9.59 Å². The molecule has 1 aromatic heterocycles. The second-order valence-corrected chi connectivity index (χ2v) is 8.35. The molecule has 7 heteroatoms. The predicted octanol–water partition coefficient (Wildman–Crippen LogP) is 5.06. The Morgan fingerprint density at radius 2 is 1.90 bits per heavy atom. The summed E-state index contributed by atoms with van der Waals surface area (Å²) in [5.74, 6) is 0.555. The second-order valence-electron chi connectivity index (χ2n) is 6.86. The van der Waals surface area contributed by atoms with Crippen molar-refractivity contribution in [1.29, 1.82) is 0 Å². The van der Waals surface area contributed by atoms with Gasteiger partial charge in [-0.15, -0.1) is 11.8 Å². The van der Waals surface area contributed by atoms with Crippen LogP contribution >= 0.6 is 23.4 Å². The number of nitrogens with zero attached hydrogens (tertiary/aromatic N) is 1. The highest BCUT2D eigenvalue weighted by Gasteiger charge is 2.12. The molecule has 0 saturated carbocycles. The summed E-state index contributed by atoms with van der Waals surface area (Å²) in [6, 6.07) is 14.8. The molecule has 0 fully saturated rings. The molecule has 30 heavy (non-hydrogen) atoms. The van der Waals surface area contributed by atoms with Crippen LogP contribution in [0.4, 0.5) is 5.69 Å². The first-order valence-electron chi connectivity index (χ1n) is 9.39. The van der Waals surface area contributed by atoms with E-state index < -0.39 is 0 Å². The van der Waals surface area contributed by atoms with Crippen LogP contribution in [0.1, 0.15) is 16.8 Å². The molecule has 0 aliphatic rings. The highest BCUT2D eigenvalue weighted by atomic mass is 35.5. The average molecular weight is 443 g/mol. The number of benzene rings is 2. The number of ether oxygens (including phenoxy) is 1. The van der Waals surface area contributed by atoms with Crippen LogP contribution in [0.15, 0.2) is 64.4 Å². The maximum Gasteiger partial charge on any atom is 0.244 e. The third kappa shape index (κ3) is 5.46. The first-order valence-corrected chi connectivity index (χ1v) is 10.8. The van der Waals surface area contributed by atoms with Gasteiger partial charge >= 0.3 is 0 Å². The number of halogens is 1. The zero-order valence-corrected chi connectivity index (χ0v) is 18.6. The molecule has 0 aliphatic heterocycles. The molecule has 156 valence electrons. The number of amides is 1. The number of carbonyl (C=O) groups excluding carboxylic acids is 1. The third-order valence-corrected chi connectivity index (χ3v) is 6.09. The van der Waals surface area contributed by atoms with Gasteiger partial charge in [-0.25, -0.2) is 0 Å². The van der Waals surface area contributed by atoms with Crippen molar-refractivity contribution in [2.45, 2.75) is 31.0 Å². The molecule has 0 radical (unpaired) electrons. The van der Waals surface area contributed by atoms with Crippen LogP contribution in [0.25, 0.3) is 0 Å². The average Bonchev–Trinajstić information content (AvgIpc) is 2.72. The summed E-state index contributed by atoms with van der Waals surface area (Å²) in [5.41, 5.74) is 3.44. The monoisotopic (exact) mass is 442 g/mol. The molecule has 1 heterocycles. The van der Waals surface area contributed by atoms with E-state index in [0.717, 1.165) is 27.4 Å². The normalized spacial score (nSPS) is 10.7. The van der Waals surface area contributed by atoms with Gasteiger partial charge in [0.1, 0.15) is 6.54 Å². The first-order chi connectivity index (χ1) is 14.4. The molecule has 0 aliphatic carbocycles. The summed E-state index contributed by atoms with van der Waals surface area (Å²) in [4.78, 5) is 26.0. The quantitative estimate of drug-likeness (QED) is 0.519. The van der Waals surface area contributed by atoms with Gasteiger partial charge < -0.3 is 14.6 Å². The van der Waals surface area contributed by atoms with Crippen molar-refractivity contribution in [3.8, 4) is 5.75 Å². The number of nitrogens with one attached hydrogen (secondary N) is 1. The van der Waals surface area contributed by atoms with Gasteiger partial charge in [0, 0.05) is 33.1 Å². The lowest BCUT2D eigenvalue weighted by atomic mass is 10.1. The number of aryl methyl sites for hydroxylation is 1. The van der Waals surface area contributed by atoms with Gasteiger partial charge in [-0.3, -0.25) is 9.59 Å². The van der Waals surface area contributed by atoms with E-state index in [2.05, 4.69) is 5.32 Å². The molecule has 0 spiro atoms. The van der Waals surface area contributed by atoms with Crippen LogP contribution in [0.3, 0.4) is 0 Å². The standard InChI is InChI=1S/C23H23ClN2O3S/c1-15-5-4-6-20(16(15)2)25-23(28)13-26-12-22(29-3)21(27)11-18(26)14-30-19-9-7-17(24)8-10-19/h4-12H,13-14H2,1-3H3,(H,25,28). The van der Waals surface area contributed by atoms with Crippen LogP contribution in [0.5, 0.6) is 5.75 Å². The molecule has 0 bridgehead atoms. The smallest absolute Gasteiger partial charge is 0.244 e. The zero-order chi connectivity index (χ0) is 21.7. The molecule has 0 unspecified atom stereocenters. The highest BCUT2D eigenvalue weighted by molar-refractivity contribution is 7.98. The Labute approximate surface area is 185 Å². The molecule has 3 rings (SSSR count). The number of rotatable bonds is 7. The lowest BCUT2D eigenvalue weighted by Crippen LogP contribution is -2.23. The molecular weight excluding hydrogens is 420 g/mol. The van der Waals surface area contributed by atoms with E-state index in [0.29, 0.717) is 10.8 Å². The molecule has 1 N–H and O–H groups in total. The molecular formula is C23H23ClN2O3S. The lowest BCUT2D eigenvalue weighted by Gasteiger charge is -2.16. The van der Waals surface area contributed by atoms with Gasteiger partial charge in [0.05, 0.1) is 13.3 Å². The number of anilines is 1.